The van der Waals surface area contributed by atoms with Crippen molar-refractivity contribution >= 4 is 42.9 Å². The van der Waals surface area contributed by atoms with Crippen LogP contribution in [0.4, 0.5) is 0 Å². The van der Waals surface area contributed by atoms with Crippen molar-refractivity contribution in [1.29, 1.82) is 0 Å². The first-order valence-corrected chi connectivity index (χ1v) is 6.46. The number of benzene rings is 1. The molecular formula is C11H6Br2N4. The van der Waals surface area contributed by atoms with Gasteiger partial charge in [-0.3, -0.25) is 4.98 Å². The number of rotatable bonds is 1. The second-order valence-electron chi connectivity index (χ2n) is 3.42. The molecule has 0 unspecified atom stereocenters. The molecule has 0 aliphatic carbocycles. The molecule has 3 aromatic rings. The summed E-state index contributed by atoms with van der Waals surface area (Å²) in [6, 6.07) is 7.61. The van der Waals surface area contributed by atoms with Gasteiger partial charge in [0.1, 0.15) is 11.0 Å². The molecule has 0 spiro atoms. The molecule has 0 atom stereocenters. The van der Waals surface area contributed by atoms with Gasteiger partial charge in [0, 0.05) is 21.3 Å². The third-order valence-corrected chi connectivity index (χ3v) is 3.62. The summed E-state index contributed by atoms with van der Waals surface area (Å²) in [5, 5.41) is 8.89. The van der Waals surface area contributed by atoms with E-state index in [2.05, 4.69) is 47.0 Å². The van der Waals surface area contributed by atoms with Crippen LogP contribution in [-0.2, 0) is 0 Å². The topological polar surface area (TPSA) is 43.6 Å². The highest BCUT2D eigenvalue weighted by atomic mass is 79.9. The van der Waals surface area contributed by atoms with Gasteiger partial charge in [0.25, 0.3) is 0 Å². The summed E-state index contributed by atoms with van der Waals surface area (Å²) in [7, 11) is 0. The van der Waals surface area contributed by atoms with Gasteiger partial charge in [0.15, 0.2) is 0 Å². The third kappa shape index (κ3) is 1.87. The maximum absolute atomic E-state index is 4.44. The van der Waals surface area contributed by atoms with Crippen molar-refractivity contribution < 1.29 is 0 Å². The summed E-state index contributed by atoms with van der Waals surface area (Å²) in [6.07, 6.45) is 3.43. The molecule has 1 aromatic carbocycles. The standard InChI is InChI=1S/C11H6Br2N4/c12-8-1-2-9(13)11-10(8)15-17(16-11)7-3-5-14-6-4-7/h1-6H. The Morgan fingerprint density at radius 2 is 1.35 bits per heavy atom. The lowest BCUT2D eigenvalue weighted by atomic mass is 10.3. The van der Waals surface area contributed by atoms with Gasteiger partial charge in [-0.15, -0.1) is 10.2 Å². The van der Waals surface area contributed by atoms with Crippen molar-refractivity contribution in [1.82, 2.24) is 20.0 Å². The summed E-state index contributed by atoms with van der Waals surface area (Å²) in [5.41, 5.74) is 2.54. The molecule has 6 heteroatoms. The fourth-order valence-corrected chi connectivity index (χ4v) is 2.32. The lowest BCUT2D eigenvalue weighted by Crippen LogP contribution is -1.97. The molecule has 0 bridgehead atoms. The Morgan fingerprint density at radius 3 is 1.88 bits per heavy atom. The van der Waals surface area contributed by atoms with Crippen LogP contribution in [0, 0.1) is 0 Å². The number of hydrogen-bond donors (Lipinski definition) is 0. The number of fused-ring (bicyclic) bond motifs is 1. The zero-order valence-electron chi connectivity index (χ0n) is 8.51. The van der Waals surface area contributed by atoms with E-state index in [0.717, 1.165) is 25.7 Å². The van der Waals surface area contributed by atoms with Crippen LogP contribution in [0.2, 0.25) is 0 Å². The number of nitrogens with zero attached hydrogens (tertiary/aromatic N) is 4. The van der Waals surface area contributed by atoms with Crippen LogP contribution < -0.4 is 0 Å². The molecule has 0 N–H and O–H groups in total. The fraction of sp³-hybridized carbons (Fsp3) is 0. The van der Waals surface area contributed by atoms with Crippen LogP contribution in [0.15, 0.2) is 45.6 Å². The minimum absolute atomic E-state index is 0.830. The zero-order valence-corrected chi connectivity index (χ0v) is 11.7. The predicted molar refractivity (Wildman–Crippen MR) is 72.1 cm³/mol. The molecule has 84 valence electrons. The first-order valence-electron chi connectivity index (χ1n) is 4.87. The van der Waals surface area contributed by atoms with Crippen LogP contribution in [0.25, 0.3) is 16.7 Å². The second kappa shape index (κ2) is 4.19. The number of hydrogen-bond acceptors (Lipinski definition) is 3. The summed E-state index contributed by atoms with van der Waals surface area (Å²) < 4.78 is 1.85. The van der Waals surface area contributed by atoms with Crippen molar-refractivity contribution in [3.05, 3.63) is 45.6 Å². The lowest BCUT2D eigenvalue weighted by Gasteiger charge is -1.95. The average molecular weight is 354 g/mol. The van der Waals surface area contributed by atoms with Crippen molar-refractivity contribution in [3.8, 4) is 5.69 Å². The van der Waals surface area contributed by atoms with E-state index in [1.165, 1.54) is 0 Å². The largest absolute Gasteiger partial charge is 0.265 e. The maximum atomic E-state index is 4.44. The van der Waals surface area contributed by atoms with E-state index in [1.807, 2.05) is 24.3 Å². The number of aromatic nitrogens is 4. The molecular weight excluding hydrogens is 348 g/mol. The second-order valence-corrected chi connectivity index (χ2v) is 5.13. The van der Waals surface area contributed by atoms with Crippen molar-refractivity contribution in [3.63, 3.8) is 0 Å². The van der Waals surface area contributed by atoms with Gasteiger partial charge in [-0.25, -0.2) is 0 Å². The maximum Gasteiger partial charge on any atom is 0.129 e. The monoisotopic (exact) mass is 352 g/mol. The van der Waals surface area contributed by atoms with E-state index >= 15 is 0 Å². The molecule has 0 fully saturated rings. The molecule has 3 rings (SSSR count). The highest BCUT2D eigenvalue weighted by molar-refractivity contribution is 9.11. The highest BCUT2D eigenvalue weighted by Crippen LogP contribution is 2.27. The quantitative estimate of drug-likeness (QED) is 0.673. The van der Waals surface area contributed by atoms with Crippen LogP contribution in [0.5, 0.6) is 0 Å². The van der Waals surface area contributed by atoms with Gasteiger partial charge < -0.3 is 0 Å². The van der Waals surface area contributed by atoms with E-state index < -0.39 is 0 Å². The van der Waals surface area contributed by atoms with Gasteiger partial charge in [-0.05, 0) is 56.1 Å². The number of halogens is 2. The van der Waals surface area contributed by atoms with Crippen LogP contribution >= 0.6 is 31.9 Å². The van der Waals surface area contributed by atoms with Gasteiger partial charge in [-0.2, -0.15) is 4.80 Å². The minimum Gasteiger partial charge on any atom is -0.265 e. The Labute approximate surface area is 114 Å². The van der Waals surface area contributed by atoms with Gasteiger partial charge in [-0.1, -0.05) is 0 Å². The molecule has 0 saturated heterocycles. The van der Waals surface area contributed by atoms with Crippen LogP contribution in [-0.4, -0.2) is 20.0 Å². The van der Waals surface area contributed by atoms with Crippen LogP contribution in [0.3, 0.4) is 0 Å². The average Bonchev–Trinajstić information content (AvgIpc) is 2.81. The third-order valence-electron chi connectivity index (χ3n) is 2.34. The number of pyridine rings is 1. The fourth-order valence-electron chi connectivity index (χ4n) is 1.53. The van der Waals surface area contributed by atoms with Gasteiger partial charge in [0.05, 0.1) is 5.69 Å². The van der Waals surface area contributed by atoms with Crippen molar-refractivity contribution in [2.75, 3.05) is 0 Å². The summed E-state index contributed by atoms with van der Waals surface area (Å²) >= 11 is 6.94. The van der Waals surface area contributed by atoms with E-state index in [0.29, 0.717) is 0 Å². The molecule has 0 radical (unpaired) electrons. The molecule has 0 aliphatic rings. The summed E-state index contributed by atoms with van der Waals surface area (Å²) in [6.45, 7) is 0. The Balaban J connectivity index is 2.27. The normalized spacial score (nSPS) is 10.9. The Morgan fingerprint density at radius 1 is 0.824 bits per heavy atom. The van der Waals surface area contributed by atoms with E-state index in [4.69, 9.17) is 0 Å². The predicted octanol–water partition coefficient (Wildman–Crippen LogP) is 3.34. The zero-order chi connectivity index (χ0) is 11.8. The first kappa shape index (κ1) is 10.9. The van der Waals surface area contributed by atoms with Crippen LogP contribution in [0.1, 0.15) is 0 Å². The Bertz CT molecular complexity index is 640. The van der Waals surface area contributed by atoms with E-state index in [1.54, 1.807) is 17.2 Å². The molecule has 0 saturated carbocycles. The lowest BCUT2D eigenvalue weighted by molar-refractivity contribution is 0.763. The molecule has 17 heavy (non-hydrogen) atoms. The summed E-state index contributed by atoms with van der Waals surface area (Å²) in [5.74, 6) is 0. The molecule has 2 aromatic heterocycles. The minimum atomic E-state index is 0.830. The smallest absolute Gasteiger partial charge is 0.129 e. The first-order chi connectivity index (χ1) is 8.25. The Hall–Kier alpha value is -1.27. The molecule has 0 amide bonds. The Kier molecular flexibility index (Phi) is 2.68. The van der Waals surface area contributed by atoms with Gasteiger partial charge in [0.2, 0.25) is 0 Å². The molecule has 4 nitrogen and oxygen atoms in total. The van der Waals surface area contributed by atoms with E-state index in [-0.39, 0.29) is 0 Å². The van der Waals surface area contributed by atoms with Crippen molar-refractivity contribution in [2.45, 2.75) is 0 Å². The molecule has 2 heterocycles. The molecule has 0 aliphatic heterocycles. The summed E-state index contributed by atoms with van der Waals surface area (Å²) in [4.78, 5) is 5.57. The van der Waals surface area contributed by atoms with E-state index in [9.17, 15) is 0 Å². The SMILES string of the molecule is Brc1ccc(Br)c2nn(-c3ccncc3)nc12. The van der Waals surface area contributed by atoms with Gasteiger partial charge >= 0.3 is 0 Å². The highest BCUT2D eigenvalue weighted by Gasteiger charge is 2.10. The van der Waals surface area contributed by atoms with Crippen molar-refractivity contribution in [2.24, 2.45) is 0 Å².